The van der Waals surface area contributed by atoms with Crippen molar-refractivity contribution in [3.8, 4) is 0 Å². The van der Waals surface area contributed by atoms with Crippen molar-refractivity contribution >= 4 is 22.4 Å². The van der Waals surface area contributed by atoms with Crippen molar-refractivity contribution in [3.05, 3.63) is 64.9 Å². The van der Waals surface area contributed by atoms with Gasteiger partial charge < -0.3 is 4.90 Å². The number of hydrogen-bond donors (Lipinski definition) is 1. The molecular formula is C23H29N5OS. The van der Waals surface area contributed by atoms with E-state index in [2.05, 4.69) is 50.6 Å². The fourth-order valence-electron chi connectivity index (χ4n) is 4.16. The van der Waals surface area contributed by atoms with Crippen LogP contribution in [0.3, 0.4) is 0 Å². The molecule has 3 aromatic rings. The summed E-state index contributed by atoms with van der Waals surface area (Å²) in [5.41, 5.74) is 2.98. The summed E-state index contributed by atoms with van der Waals surface area (Å²) in [6.07, 6.45) is 9.04. The zero-order valence-corrected chi connectivity index (χ0v) is 18.3. The van der Waals surface area contributed by atoms with E-state index in [1.54, 1.807) is 10.9 Å². The highest BCUT2D eigenvalue weighted by Crippen LogP contribution is 2.24. The number of thiazole rings is 1. The first-order chi connectivity index (χ1) is 14.7. The number of aryl methyl sites for hydroxylation is 2. The molecule has 3 heterocycles. The Balaban J connectivity index is 1.25. The van der Waals surface area contributed by atoms with Crippen molar-refractivity contribution in [1.29, 1.82) is 0 Å². The summed E-state index contributed by atoms with van der Waals surface area (Å²) in [4.78, 5) is 19.4. The highest BCUT2D eigenvalue weighted by Gasteiger charge is 2.23. The minimum Gasteiger partial charge on any atom is -0.303 e. The number of anilines is 1. The van der Waals surface area contributed by atoms with Gasteiger partial charge in [-0.15, -0.1) is 11.3 Å². The molecule has 1 aliphatic heterocycles. The van der Waals surface area contributed by atoms with Gasteiger partial charge in [-0.3, -0.25) is 14.8 Å². The van der Waals surface area contributed by atoms with Gasteiger partial charge in [-0.05, 0) is 63.2 Å². The highest BCUT2D eigenvalue weighted by molar-refractivity contribution is 7.13. The Morgan fingerprint density at radius 3 is 2.77 bits per heavy atom. The van der Waals surface area contributed by atoms with E-state index in [1.807, 2.05) is 18.6 Å². The minimum absolute atomic E-state index is 0.119. The SMILES string of the molecule is Cn1cc(C(=O)Nc2nccs2)c(CC2CCN(CCCc3ccccc3)CC2)n1. The number of benzene rings is 1. The molecule has 30 heavy (non-hydrogen) atoms. The molecule has 0 radical (unpaired) electrons. The predicted molar refractivity (Wildman–Crippen MR) is 121 cm³/mol. The Labute approximate surface area is 181 Å². The third kappa shape index (κ3) is 5.55. The highest BCUT2D eigenvalue weighted by atomic mass is 32.1. The molecule has 6 nitrogen and oxygen atoms in total. The van der Waals surface area contributed by atoms with Gasteiger partial charge in [0, 0.05) is 24.8 Å². The van der Waals surface area contributed by atoms with Gasteiger partial charge >= 0.3 is 0 Å². The second-order valence-electron chi connectivity index (χ2n) is 8.03. The number of hydrogen-bond acceptors (Lipinski definition) is 5. The number of carbonyl (C=O) groups is 1. The fourth-order valence-corrected chi connectivity index (χ4v) is 4.69. The normalized spacial score (nSPS) is 15.4. The molecule has 7 heteroatoms. The van der Waals surface area contributed by atoms with Gasteiger partial charge in [0.25, 0.3) is 5.91 Å². The number of likely N-dealkylation sites (tertiary alicyclic amines) is 1. The van der Waals surface area contributed by atoms with E-state index in [4.69, 9.17) is 0 Å². The van der Waals surface area contributed by atoms with Crippen LogP contribution in [0.5, 0.6) is 0 Å². The summed E-state index contributed by atoms with van der Waals surface area (Å²) in [6.45, 7) is 3.42. The number of nitrogens with one attached hydrogen (secondary N) is 1. The lowest BCUT2D eigenvalue weighted by atomic mass is 9.91. The van der Waals surface area contributed by atoms with Crippen molar-refractivity contribution in [2.75, 3.05) is 25.0 Å². The van der Waals surface area contributed by atoms with Crippen molar-refractivity contribution < 1.29 is 4.79 Å². The molecule has 1 amide bonds. The monoisotopic (exact) mass is 423 g/mol. The van der Waals surface area contributed by atoms with Crippen LogP contribution in [0.1, 0.15) is 40.9 Å². The third-order valence-electron chi connectivity index (χ3n) is 5.77. The Kier molecular flexibility index (Phi) is 6.92. The molecule has 158 valence electrons. The lowest BCUT2D eigenvalue weighted by molar-refractivity contribution is 0.102. The van der Waals surface area contributed by atoms with E-state index in [1.165, 1.54) is 23.3 Å². The van der Waals surface area contributed by atoms with E-state index >= 15 is 0 Å². The van der Waals surface area contributed by atoms with Crippen molar-refractivity contribution in [2.24, 2.45) is 13.0 Å². The quantitative estimate of drug-likeness (QED) is 0.594. The summed E-state index contributed by atoms with van der Waals surface area (Å²) in [6, 6.07) is 10.7. The molecule has 4 rings (SSSR count). The predicted octanol–water partition coefficient (Wildman–Crippen LogP) is 4.02. The second kappa shape index (κ2) is 10.00. The Morgan fingerprint density at radius 2 is 2.03 bits per heavy atom. The van der Waals surface area contributed by atoms with E-state index in [9.17, 15) is 4.79 Å². The number of aromatic nitrogens is 3. The second-order valence-corrected chi connectivity index (χ2v) is 8.93. The smallest absolute Gasteiger partial charge is 0.260 e. The molecule has 1 saturated heterocycles. The van der Waals surface area contributed by atoms with Gasteiger partial charge in [0.1, 0.15) is 0 Å². The number of amides is 1. The van der Waals surface area contributed by atoms with Gasteiger partial charge in [0.05, 0.1) is 11.3 Å². The topological polar surface area (TPSA) is 63.1 Å². The fraction of sp³-hybridized carbons (Fsp3) is 0.435. The van der Waals surface area contributed by atoms with Crippen LogP contribution in [0, 0.1) is 5.92 Å². The maximum atomic E-state index is 12.7. The van der Waals surface area contributed by atoms with Crippen molar-refractivity contribution in [3.63, 3.8) is 0 Å². The van der Waals surface area contributed by atoms with Gasteiger partial charge in [0.15, 0.2) is 5.13 Å². The molecule has 0 spiro atoms. The van der Waals surface area contributed by atoms with E-state index in [-0.39, 0.29) is 5.91 Å². The largest absolute Gasteiger partial charge is 0.303 e. The van der Waals surface area contributed by atoms with E-state index in [0.29, 0.717) is 16.6 Å². The molecule has 0 unspecified atom stereocenters. The summed E-state index contributed by atoms with van der Waals surface area (Å²) in [5.74, 6) is 0.461. The summed E-state index contributed by atoms with van der Waals surface area (Å²) < 4.78 is 1.74. The molecule has 1 aromatic carbocycles. The molecule has 0 aliphatic carbocycles. The molecule has 1 fully saturated rings. The maximum absolute atomic E-state index is 12.7. The van der Waals surface area contributed by atoms with Crippen LogP contribution in [-0.4, -0.2) is 45.2 Å². The average Bonchev–Trinajstić information content (AvgIpc) is 3.39. The molecule has 1 N–H and O–H groups in total. The first-order valence-electron chi connectivity index (χ1n) is 10.7. The molecule has 0 saturated carbocycles. The molecule has 1 aliphatic rings. The number of nitrogens with zero attached hydrogens (tertiary/aromatic N) is 4. The van der Waals surface area contributed by atoms with Gasteiger partial charge in [-0.25, -0.2) is 4.98 Å². The molecule has 0 atom stereocenters. The Hall–Kier alpha value is -2.51. The molecule has 2 aromatic heterocycles. The average molecular weight is 424 g/mol. The van der Waals surface area contributed by atoms with Crippen LogP contribution in [0.25, 0.3) is 0 Å². The Morgan fingerprint density at radius 1 is 1.23 bits per heavy atom. The zero-order chi connectivity index (χ0) is 20.8. The van der Waals surface area contributed by atoms with Crippen LogP contribution in [0.15, 0.2) is 48.1 Å². The van der Waals surface area contributed by atoms with Crippen LogP contribution in [0.2, 0.25) is 0 Å². The summed E-state index contributed by atoms with van der Waals surface area (Å²) >= 11 is 1.42. The lowest BCUT2D eigenvalue weighted by Crippen LogP contribution is -2.35. The maximum Gasteiger partial charge on any atom is 0.260 e. The standard InChI is InChI=1S/C23H29N5OS/c1-27-17-20(22(29)25-23-24-11-15-30-23)21(26-27)16-19-9-13-28(14-10-19)12-5-8-18-6-3-2-4-7-18/h2-4,6-7,11,15,17,19H,5,8-10,12-14,16H2,1H3,(H,24,25,29). The minimum atomic E-state index is -0.119. The number of rotatable bonds is 8. The summed E-state index contributed by atoms with van der Waals surface area (Å²) in [5, 5.41) is 9.94. The number of piperidine rings is 1. The molecular weight excluding hydrogens is 394 g/mol. The zero-order valence-electron chi connectivity index (χ0n) is 17.5. The van der Waals surface area contributed by atoms with Crippen molar-refractivity contribution in [1.82, 2.24) is 19.7 Å². The third-order valence-corrected chi connectivity index (χ3v) is 6.46. The first kappa shape index (κ1) is 20.8. The van der Waals surface area contributed by atoms with Crippen molar-refractivity contribution in [2.45, 2.75) is 32.1 Å². The number of carbonyl (C=O) groups excluding carboxylic acids is 1. The molecule has 0 bridgehead atoms. The van der Waals surface area contributed by atoms with E-state index in [0.717, 1.165) is 51.0 Å². The van der Waals surface area contributed by atoms with Crippen LogP contribution < -0.4 is 5.32 Å². The Bertz CT molecular complexity index is 930. The van der Waals surface area contributed by atoms with Crippen LogP contribution in [0.4, 0.5) is 5.13 Å². The van der Waals surface area contributed by atoms with Gasteiger partial charge in [-0.1, -0.05) is 30.3 Å². The van der Waals surface area contributed by atoms with Gasteiger partial charge in [-0.2, -0.15) is 5.10 Å². The first-order valence-corrected chi connectivity index (χ1v) is 11.5. The van der Waals surface area contributed by atoms with E-state index < -0.39 is 0 Å². The van der Waals surface area contributed by atoms with Crippen LogP contribution in [-0.2, 0) is 19.9 Å². The van der Waals surface area contributed by atoms with Gasteiger partial charge in [0.2, 0.25) is 0 Å². The summed E-state index contributed by atoms with van der Waals surface area (Å²) in [7, 11) is 1.87. The van der Waals surface area contributed by atoms with Crippen LogP contribution >= 0.6 is 11.3 Å². The lowest BCUT2D eigenvalue weighted by Gasteiger charge is -2.31.